The van der Waals surface area contributed by atoms with Gasteiger partial charge >= 0.3 is 0 Å². The van der Waals surface area contributed by atoms with Gasteiger partial charge in [-0.15, -0.1) is 0 Å². The van der Waals surface area contributed by atoms with E-state index in [2.05, 4.69) is 10.5 Å². The van der Waals surface area contributed by atoms with Crippen molar-refractivity contribution in [1.29, 1.82) is 0 Å². The van der Waals surface area contributed by atoms with Gasteiger partial charge in [0.25, 0.3) is 11.8 Å². The molecule has 1 fully saturated rings. The zero-order chi connectivity index (χ0) is 39.1. The second-order valence-electron chi connectivity index (χ2n) is 13.8. The molecule has 0 radical (unpaired) electrons. The molecule has 6 atom stereocenters. The number of methoxy groups -OCH3 is 1. The molecular formula is C37H42N4O13. The molecule has 8 N–H and O–H groups in total. The number of unbranched alkanes of at least 4 members (excludes halogenated alkanes) is 2. The lowest BCUT2D eigenvalue weighted by Gasteiger charge is -2.43. The maximum absolute atomic E-state index is 14.0. The third-order valence-electron chi connectivity index (χ3n) is 10.3. The van der Waals surface area contributed by atoms with Crippen molar-refractivity contribution in [2.75, 3.05) is 20.3 Å². The summed E-state index contributed by atoms with van der Waals surface area (Å²) in [5, 5.41) is 60.5. The number of aliphatic hydroxyl groups excluding tert-OH is 2. The van der Waals surface area contributed by atoms with Gasteiger partial charge in [-0.3, -0.25) is 28.9 Å². The van der Waals surface area contributed by atoms with E-state index in [1.807, 2.05) is 0 Å². The Morgan fingerprint density at radius 3 is 2.43 bits per heavy atom. The van der Waals surface area contributed by atoms with Crippen molar-refractivity contribution >= 4 is 35.0 Å². The van der Waals surface area contributed by atoms with Crippen LogP contribution >= 0.6 is 0 Å². The molecule has 0 bridgehead atoms. The number of hydrogen-bond acceptors (Lipinski definition) is 15. The highest BCUT2D eigenvalue weighted by Gasteiger charge is 2.49. The summed E-state index contributed by atoms with van der Waals surface area (Å²) in [4.78, 5) is 65.1. The highest BCUT2D eigenvalue weighted by molar-refractivity contribution is 6.31. The van der Waals surface area contributed by atoms with Crippen LogP contribution in [0.3, 0.4) is 0 Å². The molecule has 2 aliphatic heterocycles. The summed E-state index contributed by atoms with van der Waals surface area (Å²) < 4.78 is 17.4. The van der Waals surface area contributed by atoms with Crippen LogP contribution in [-0.4, -0.2) is 116 Å². The average Bonchev–Trinajstić information content (AvgIpc) is 3.46. The topological polar surface area (TPSA) is 268 Å². The number of phenolic OH excluding ortho intramolecular Hbond substituents is 2. The molecule has 54 heavy (non-hydrogen) atoms. The van der Waals surface area contributed by atoms with Gasteiger partial charge in [-0.2, -0.15) is 5.10 Å². The van der Waals surface area contributed by atoms with E-state index in [9.17, 15) is 49.5 Å². The standard InChI is InChI=1S/C37H42N4O13/c1-17-32(46)20(38)13-27(53-17)54-22-15-37(51,23(16-42)39-40-24(43)9-4-3-5-12-41-25(44)10-11-26(41)45)14-19-29(22)36(50)31-30(34(19)48)33(47)18-7-6-8-21(52-2)28(18)35(31)49/h6-8,10-11,17,20,22,27,32,42,46,48,50-51H,3-5,9,12-16,38H2,1-2H3,(H,40,43)/b39-23+/t17-,20?,22-,27-,32+,37-/m0/s1. The second kappa shape index (κ2) is 15.4. The van der Waals surface area contributed by atoms with E-state index in [0.29, 0.717) is 19.3 Å². The lowest BCUT2D eigenvalue weighted by atomic mass is 9.71. The van der Waals surface area contributed by atoms with Crippen LogP contribution in [0.2, 0.25) is 0 Å². The van der Waals surface area contributed by atoms with Crippen LogP contribution in [0.25, 0.3) is 0 Å². The number of rotatable bonds is 12. The molecule has 17 heteroatoms. The van der Waals surface area contributed by atoms with Gasteiger partial charge < -0.3 is 45.5 Å². The number of aromatic hydroxyl groups is 2. The quantitative estimate of drug-likeness (QED) is 0.0434. The Hall–Kier alpha value is -5.04. The Bertz CT molecular complexity index is 1930. The first kappa shape index (κ1) is 38.7. The maximum atomic E-state index is 14.0. The van der Waals surface area contributed by atoms with Crippen molar-refractivity contribution in [2.45, 2.75) is 88.1 Å². The molecule has 0 aromatic heterocycles. The lowest BCUT2D eigenvalue weighted by Crippen LogP contribution is -2.53. The number of ether oxygens (including phenoxy) is 3. The van der Waals surface area contributed by atoms with Gasteiger partial charge in [-0.25, -0.2) is 5.43 Å². The van der Waals surface area contributed by atoms with Gasteiger partial charge in [-0.1, -0.05) is 18.6 Å². The van der Waals surface area contributed by atoms with E-state index in [0.717, 1.165) is 4.90 Å². The average molecular weight is 751 g/mol. The molecule has 2 aromatic rings. The monoisotopic (exact) mass is 750 g/mol. The number of carbonyl (C=O) groups excluding carboxylic acids is 5. The van der Waals surface area contributed by atoms with E-state index in [1.165, 1.54) is 37.5 Å². The summed E-state index contributed by atoms with van der Waals surface area (Å²) in [6, 6.07) is 3.57. The number of phenols is 2. The minimum Gasteiger partial charge on any atom is -0.507 e. The van der Waals surface area contributed by atoms with Crippen LogP contribution in [-0.2, 0) is 30.3 Å². The number of hydrogen-bond donors (Lipinski definition) is 7. The predicted molar refractivity (Wildman–Crippen MR) is 187 cm³/mol. The highest BCUT2D eigenvalue weighted by atomic mass is 16.7. The van der Waals surface area contributed by atoms with Gasteiger partial charge in [-0.05, 0) is 25.8 Å². The highest BCUT2D eigenvalue weighted by Crippen LogP contribution is 2.52. The number of benzene rings is 2. The van der Waals surface area contributed by atoms with Crippen LogP contribution in [0.1, 0.15) is 94.5 Å². The number of imide groups is 1. The minimum atomic E-state index is -2.16. The summed E-state index contributed by atoms with van der Waals surface area (Å²) >= 11 is 0. The molecule has 2 aliphatic carbocycles. The van der Waals surface area contributed by atoms with Gasteiger partial charge in [0.2, 0.25) is 11.7 Å². The van der Waals surface area contributed by atoms with E-state index < -0.39 is 108 Å². The summed E-state index contributed by atoms with van der Waals surface area (Å²) in [5.74, 6) is -4.25. The van der Waals surface area contributed by atoms with Crippen LogP contribution in [0.5, 0.6) is 17.2 Å². The number of amides is 3. The normalized spacial score (nSPS) is 26.4. The second-order valence-corrected chi connectivity index (χ2v) is 13.8. The van der Waals surface area contributed by atoms with Gasteiger partial charge in [0.15, 0.2) is 12.1 Å². The van der Waals surface area contributed by atoms with Crippen molar-refractivity contribution in [1.82, 2.24) is 10.3 Å². The van der Waals surface area contributed by atoms with Crippen LogP contribution in [0, 0.1) is 0 Å². The molecule has 288 valence electrons. The van der Waals surface area contributed by atoms with Gasteiger partial charge in [0.1, 0.15) is 22.8 Å². The molecule has 4 aliphatic rings. The predicted octanol–water partition coefficient (Wildman–Crippen LogP) is 0.390. The van der Waals surface area contributed by atoms with Crippen molar-refractivity contribution in [3.05, 3.63) is 63.7 Å². The fourth-order valence-corrected chi connectivity index (χ4v) is 7.47. The number of aliphatic hydroxyl groups is 3. The smallest absolute Gasteiger partial charge is 0.253 e. The lowest BCUT2D eigenvalue weighted by molar-refractivity contribution is -0.245. The van der Waals surface area contributed by atoms with E-state index >= 15 is 0 Å². The number of nitrogens with two attached hydrogens (primary N) is 1. The first-order chi connectivity index (χ1) is 25.7. The maximum Gasteiger partial charge on any atom is 0.253 e. The Labute approximate surface area is 309 Å². The third kappa shape index (κ3) is 7.01. The van der Waals surface area contributed by atoms with E-state index in [4.69, 9.17) is 19.9 Å². The molecule has 0 spiro atoms. The summed E-state index contributed by atoms with van der Waals surface area (Å²) in [7, 11) is 1.32. The molecule has 1 saturated heterocycles. The van der Waals surface area contributed by atoms with E-state index in [-0.39, 0.29) is 53.1 Å². The molecule has 2 aromatic carbocycles. The Morgan fingerprint density at radius 1 is 1.06 bits per heavy atom. The van der Waals surface area contributed by atoms with Gasteiger partial charge in [0, 0.05) is 67.1 Å². The van der Waals surface area contributed by atoms with Crippen molar-refractivity contribution in [3.8, 4) is 17.2 Å². The fourth-order valence-electron chi connectivity index (χ4n) is 7.47. The molecule has 3 amide bonds. The third-order valence-corrected chi connectivity index (χ3v) is 10.3. The molecule has 17 nitrogen and oxygen atoms in total. The van der Waals surface area contributed by atoms with Crippen molar-refractivity contribution < 1.29 is 63.7 Å². The van der Waals surface area contributed by atoms with Crippen molar-refractivity contribution in [3.63, 3.8) is 0 Å². The first-order valence-electron chi connectivity index (χ1n) is 17.5. The number of hydrazone groups is 1. The number of fused-ring (bicyclic) bond motifs is 3. The zero-order valence-corrected chi connectivity index (χ0v) is 29.6. The SMILES string of the molecule is COc1cccc2c1C(=O)c1c(O)c3c(c(O)c1C2=O)C[C@@](O)(/C(CO)=N/NC(=O)CCCCCN1C(=O)C=CC1=O)C[C@@H]3O[C@H]1CC(N)[C@H](O)[C@H](C)O1. The van der Waals surface area contributed by atoms with Crippen LogP contribution in [0.15, 0.2) is 35.5 Å². The largest absolute Gasteiger partial charge is 0.507 e. The number of nitrogens with one attached hydrogen (secondary N) is 1. The zero-order valence-electron chi connectivity index (χ0n) is 29.6. The molecule has 2 heterocycles. The van der Waals surface area contributed by atoms with Crippen LogP contribution < -0.4 is 15.9 Å². The molecular weight excluding hydrogens is 708 g/mol. The number of carbonyl (C=O) groups is 5. The first-order valence-corrected chi connectivity index (χ1v) is 17.5. The fraction of sp³-hybridized carbons (Fsp3) is 0.459. The summed E-state index contributed by atoms with van der Waals surface area (Å²) in [6.45, 7) is 0.910. The Morgan fingerprint density at radius 2 is 1.76 bits per heavy atom. The van der Waals surface area contributed by atoms with E-state index in [1.54, 1.807) is 6.92 Å². The summed E-state index contributed by atoms with van der Waals surface area (Å²) in [5.41, 5.74) is 4.46. The molecule has 1 unspecified atom stereocenters. The summed E-state index contributed by atoms with van der Waals surface area (Å²) in [6.07, 6.45) is -1.56. The van der Waals surface area contributed by atoms with Crippen molar-refractivity contribution in [2.24, 2.45) is 10.8 Å². The van der Waals surface area contributed by atoms with Crippen LogP contribution in [0.4, 0.5) is 0 Å². The number of nitrogens with zero attached hydrogens (tertiary/aromatic N) is 2. The van der Waals surface area contributed by atoms with Gasteiger partial charge in [0.05, 0.1) is 54.4 Å². The Kier molecular flexibility index (Phi) is 11.0. The Balaban J connectivity index is 1.29. The number of ketones is 2. The minimum absolute atomic E-state index is 0.0120. The molecule has 0 saturated carbocycles. The molecule has 6 rings (SSSR count).